The van der Waals surface area contributed by atoms with Crippen molar-refractivity contribution in [2.75, 3.05) is 18.5 Å². The number of cyclic esters (lactones) is 1. The molecule has 0 spiro atoms. The fourth-order valence-corrected chi connectivity index (χ4v) is 4.25. The SMILES string of the molecule is CCOc1ccc([C@H]2Sc3ccccc3NC3=C2C(=O)OC3)cc1. The maximum atomic E-state index is 12.3. The normalized spacial score (nSPS) is 19.0. The molecule has 5 heteroatoms. The first-order valence-electron chi connectivity index (χ1n) is 7.92. The van der Waals surface area contributed by atoms with Gasteiger partial charge >= 0.3 is 5.97 Å². The van der Waals surface area contributed by atoms with Gasteiger partial charge in [0.25, 0.3) is 0 Å². The van der Waals surface area contributed by atoms with E-state index in [0.29, 0.717) is 18.8 Å². The van der Waals surface area contributed by atoms with Crippen LogP contribution in [0.25, 0.3) is 0 Å². The smallest absolute Gasteiger partial charge is 0.337 e. The molecule has 2 aliphatic heterocycles. The van der Waals surface area contributed by atoms with Gasteiger partial charge in [0.2, 0.25) is 0 Å². The lowest BCUT2D eigenvalue weighted by Gasteiger charge is -2.16. The van der Waals surface area contributed by atoms with Crippen molar-refractivity contribution < 1.29 is 14.3 Å². The lowest BCUT2D eigenvalue weighted by atomic mass is 10.0. The van der Waals surface area contributed by atoms with Crippen LogP contribution in [0, 0.1) is 0 Å². The molecule has 0 saturated carbocycles. The molecule has 2 heterocycles. The Labute approximate surface area is 144 Å². The summed E-state index contributed by atoms with van der Waals surface area (Å²) in [4.78, 5) is 13.4. The lowest BCUT2D eigenvalue weighted by Crippen LogP contribution is -2.08. The molecule has 1 atom stereocenters. The molecule has 0 saturated heterocycles. The summed E-state index contributed by atoms with van der Waals surface area (Å²) in [7, 11) is 0. The number of rotatable bonds is 3. The van der Waals surface area contributed by atoms with E-state index < -0.39 is 0 Å². The first-order valence-corrected chi connectivity index (χ1v) is 8.80. The van der Waals surface area contributed by atoms with Crippen molar-refractivity contribution in [3.63, 3.8) is 0 Å². The molecule has 2 aromatic rings. The summed E-state index contributed by atoms with van der Waals surface area (Å²) in [5.41, 5.74) is 3.65. The van der Waals surface area contributed by atoms with Gasteiger partial charge in [0.15, 0.2) is 0 Å². The van der Waals surface area contributed by atoms with Crippen LogP contribution in [0.2, 0.25) is 0 Å². The van der Waals surface area contributed by atoms with E-state index >= 15 is 0 Å². The standard InChI is InChI=1S/C19H17NO3S/c1-2-22-13-9-7-12(8-10-13)18-17-15(11-23-19(17)21)20-14-5-3-4-6-16(14)24-18/h3-10,18,20H,2,11H2,1H3/t18-/m1/s1. The predicted octanol–water partition coefficient (Wildman–Crippen LogP) is 4.16. The van der Waals surface area contributed by atoms with E-state index in [1.165, 1.54) is 0 Å². The van der Waals surface area contributed by atoms with Crippen molar-refractivity contribution in [2.24, 2.45) is 0 Å². The molecule has 0 bridgehead atoms. The molecular formula is C19H17NO3S. The average Bonchev–Trinajstić information content (AvgIpc) is 2.87. The van der Waals surface area contributed by atoms with E-state index in [2.05, 4.69) is 11.4 Å². The van der Waals surface area contributed by atoms with Gasteiger partial charge in [-0.25, -0.2) is 4.79 Å². The van der Waals surface area contributed by atoms with E-state index in [1.807, 2.05) is 49.4 Å². The Hall–Kier alpha value is -2.40. The summed E-state index contributed by atoms with van der Waals surface area (Å²) >= 11 is 1.67. The molecule has 0 amide bonds. The summed E-state index contributed by atoms with van der Waals surface area (Å²) in [6, 6.07) is 16.0. The van der Waals surface area contributed by atoms with E-state index in [1.54, 1.807) is 11.8 Å². The second kappa shape index (κ2) is 6.24. The monoisotopic (exact) mass is 339 g/mol. The number of benzene rings is 2. The van der Waals surface area contributed by atoms with Gasteiger partial charge in [-0.2, -0.15) is 0 Å². The van der Waals surface area contributed by atoms with Crippen LogP contribution in [-0.4, -0.2) is 19.2 Å². The third-order valence-corrected chi connectivity index (χ3v) is 5.42. The Kier molecular flexibility index (Phi) is 3.94. The Morgan fingerprint density at radius 3 is 2.79 bits per heavy atom. The van der Waals surface area contributed by atoms with Gasteiger partial charge in [0, 0.05) is 4.90 Å². The van der Waals surface area contributed by atoms with Gasteiger partial charge in [-0.05, 0) is 36.8 Å². The van der Waals surface area contributed by atoms with Crippen molar-refractivity contribution in [3.05, 3.63) is 65.4 Å². The molecule has 2 aromatic carbocycles. The zero-order valence-electron chi connectivity index (χ0n) is 13.2. The summed E-state index contributed by atoms with van der Waals surface area (Å²) in [6.45, 7) is 2.90. The van der Waals surface area contributed by atoms with Crippen LogP contribution in [-0.2, 0) is 9.53 Å². The zero-order chi connectivity index (χ0) is 16.5. The number of nitrogens with one attached hydrogen (secondary N) is 1. The highest BCUT2D eigenvalue weighted by atomic mass is 32.2. The molecular weight excluding hydrogens is 322 g/mol. The molecule has 24 heavy (non-hydrogen) atoms. The number of hydrogen-bond donors (Lipinski definition) is 1. The number of anilines is 1. The molecule has 4 rings (SSSR count). The minimum absolute atomic E-state index is 0.0955. The molecule has 0 aromatic heterocycles. The quantitative estimate of drug-likeness (QED) is 0.851. The molecule has 0 radical (unpaired) electrons. The van der Waals surface area contributed by atoms with Crippen LogP contribution in [0.3, 0.4) is 0 Å². The minimum Gasteiger partial charge on any atom is -0.494 e. The summed E-state index contributed by atoms with van der Waals surface area (Å²) in [5.74, 6) is 0.596. The highest BCUT2D eigenvalue weighted by Crippen LogP contribution is 2.48. The molecule has 4 nitrogen and oxygen atoms in total. The molecule has 0 fully saturated rings. The summed E-state index contributed by atoms with van der Waals surface area (Å²) in [5, 5.41) is 3.28. The van der Waals surface area contributed by atoms with Crippen molar-refractivity contribution in [2.45, 2.75) is 17.1 Å². The minimum atomic E-state index is -0.239. The van der Waals surface area contributed by atoms with Gasteiger partial charge in [0.1, 0.15) is 12.4 Å². The highest BCUT2D eigenvalue weighted by molar-refractivity contribution is 8.00. The van der Waals surface area contributed by atoms with Gasteiger partial charge < -0.3 is 14.8 Å². The molecule has 0 aliphatic carbocycles. The third kappa shape index (κ3) is 2.65. The lowest BCUT2D eigenvalue weighted by molar-refractivity contribution is -0.136. The number of esters is 1. The van der Waals surface area contributed by atoms with Gasteiger partial charge in [-0.1, -0.05) is 24.3 Å². The van der Waals surface area contributed by atoms with Crippen LogP contribution in [0.4, 0.5) is 5.69 Å². The van der Waals surface area contributed by atoms with E-state index in [-0.39, 0.29) is 11.2 Å². The maximum Gasteiger partial charge on any atom is 0.337 e. The van der Waals surface area contributed by atoms with Crippen molar-refractivity contribution in [1.82, 2.24) is 0 Å². The van der Waals surface area contributed by atoms with Gasteiger partial charge in [0.05, 0.1) is 28.8 Å². The van der Waals surface area contributed by atoms with Gasteiger partial charge in [-0.15, -0.1) is 11.8 Å². The number of ether oxygens (including phenoxy) is 2. The van der Waals surface area contributed by atoms with Gasteiger partial charge in [-0.3, -0.25) is 0 Å². The fourth-order valence-electron chi connectivity index (χ4n) is 2.95. The predicted molar refractivity (Wildman–Crippen MR) is 94.3 cm³/mol. The largest absolute Gasteiger partial charge is 0.494 e. The first kappa shape index (κ1) is 15.1. The summed E-state index contributed by atoms with van der Waals surface area (Å²) < 4.78 is 10.8. The number of thioether (sulfide) groups is 1. The fraction of sp³-hybridized carbons (Fsp3) is 0.211. The Balaban J connectivity index is 1.76. The van der Waals surface area contributed by atoms with Crippen LogP contribution < -0.4 is 10.1 Å². The Bertz CT molecular complexity index is 814. The third-order valence-electron chi connectivity index (χ3n) is 4.07. The van der Waals surface area contributed by atoms with E-state index in [9.17, 15) is 4.79 Å². The van der Waals surface area contributed by atoms with Crippen LogP contribution >= 0.6 is 11.8 Å². The molecule has 122 valence electrons. The summed E-state index contributed by atoms with van der Waals surface area (Å²) in [6.07, 6.45) is 0. The highest BCUT2D eigenvalue weighted by Gasteiger charge is 2.36. The van der Waals surface area contributed by atoms with Crippen molar-refractivity contribution in [3.8, 4) is 5.75 Å². The first-order chi connectivity index (χ1) is 11.8. The Morgan fingerprint density at radius 2 is 2.00 bits per heavy atom. The van der Waals surface area contributed by atoms with E-state index in [0.717, 1.165) is 27.6 Å². The van der Waals surface area contributed by atoms with E-state index in [4.69, 9.17) is 9.47 Å². The molecule has 0 unspecified atom stereocenters. The number of fused-ring (bicyclic) bond motifs is 1. The maximum absolute atomic E-state index is 12.3. The van der Waals surface area contributed by atoms with Crippen LogP contribution in [0.15, 0.2) is 64.7 Å². The van der Waals surface area contributed by atoms with Crippen molar-refractivity contribution >= 4 is 23.4 Å². The molecule has 2 aliphatic rings. The number of carbonyl (C=O) groups excluding carboxylic acids is 1. The number of carbonyl (C=O) groups is 1. The molecule has 1 N–H and O–H groups in total. The average molecular weight is 339 g/mol. The number of para-hydroxylation sites is 1. The van der Waals surface area contributed by atoms with Crippen LogP contribution in [0.5, 0.6) is 5.75 Å². The second-order valence-electron chi connectivity index (χ2n) is 5.59. The number of hydrogen-bond acceptors (Lipinski definition) is 5. The van der Waals surface area contributed by atoms with Crippen molar-refractivity contribution in [1.29, 1.82) is 0 Å². The van der Waals surface area contributed by atoms with Crippen LogP contribution in [0.1, 0.15) is 17.7 Å². The second-order valence-corrected chi connectivity index (χ2v) is 6.74. The topological polar surface area (TPSA) is 47.6 Å². The zero-order valence-corrected chi connectivity index (χ0v) is 14.1. The Morgan fingerprint density at radius 1 is 1.21 bits per heavy atom.